The van der Waals surface area contributed by atoms with E-state index in [1.807, 2.05) is 4.98 Å². The molecule has 2 aromatic rings. The summed E-state index contributed by atoms with van der Waals surface area (Å²) in [6.07, 6.45) is -2.46. The minimum Gasteiger partial charge on any atom is -0.303 e. The molecule has 0 saturated carbocycles. The smallest absolute Gasteiger partial charge is 0.303 e. The summed E-state index contributed by atoms with van der Waals surface area (Å²) in [5, 5.41) is 0. The number of nitrogens with one attached hydrogen (secondary N) is 1. The zero-order valence-corrected chi connectivity index (χ0v) is 9.65. The van der Waals surface area contributed by atoms with Crippen molar-refractivity contribution in [3.05, 3.63) is 51.1 Å². The lowest BCUT2D eigenvalue weighted by atomic mass is 10.1. The van der Waals surface area contributed by atoms with Gasteiger partial charge in [-0.1, -0.05) is 0 Å². The van der Waals surface area contributed by atoms with E-state index in [0.717, 1.165) is 16.8 Å². The van der Waals surface area contributed by atoms with Gasteiger partial charge in [0.25, 0.3) is 5.56 Å². The van der Waals surface area contributed by atoms with Crippen LogP contribution < -0.4 is 11.2 Å². The van der Waals surface area contributed by atoms with E-state index in [2.05, 4.69) is 4.98 Å². The minimum absolute atomic E-state index is 0.0324. The molecule has 2 heterocycles. The number of hydrogen-bond acceptors (Lipinski definition) is 3. The fraction of sp³-hybridized carbons (Fsp3) is 0.182. The van der Waals surface area contributed by atoms with E-state index >= 15 is 0 Å². The van der Waals surface area contributed by atoms with Gasteiger partial charge in [0.1, 0.15) is 5.69 Å². The van der Waals surface area contributed by atoms with Gasteiger partial charge in [-0.2, -0.15) is 13.2 Å². The van der Waals surface area contributed by atoms with Gasteiger partial charge in [-0.3, -0.25) is 14.8 Å². The lowest BCUT2D eigenvalue weighted by Gasteiger charge is -2.07. The number of aryl methyl sites for hydroxylation is 1. The molecule has 0 atom stereocenters. The zero-order valence-electron chi connectivity index (χ0n) is 9.65. The van der Waals surface area contributed by atoms with Crippen LogP contribution in [-0.4, -0.2) is 14.5 Å². The Morgan fingerprint density at radius 2 is 2.00 bits per heavy atom. The summed E-state index contributed by atoms with van der Waals surface area (Å²) in [5.41, 5.74) is -2.48. The number of pyridine rings is 1. The van der Waals surface area contributed by atoms with Crippen LogP contribution in [0.2, 0.25) is 0 Å². The number of nitrogens with zero attached hydrogens (tertiary/aromatic N) is 2. The molecule has 0 unspecified atom stereocenters. The van der Waals surface area contributed by atoms with Crippen LogP contribution in [0.25, 0.3) is 11.1 Å². The molecule has 0 radical (unpaired) electrons. The number of hydrogen-bond donors (Lipinski definition) is 1. The second kappa shape index (κ2) is 4.38. The van der Waals surface area contributed by atoms with Crippen molar-refractivity contribution in [1.29, 1.82) is 0 Å². The highest BCUT2D eigenvalue weighted by Crippen LogP contribution is 2.29. The summed E-state index contributed by atoms with van der Waals surface area (Å²) in [6, 6.07) is 2.03. The average molecular weight is 271 g/mol. The molecule has 0 aromatic carbocycles. The van der Waals surface area contributed by atoms with E-state index in [-0.39, 0.29) is 11.1 Å². The number of aromatic nitrogens is 3. The Morgan fingerprint density at radius 1 is 1.32 bits per heavy atom. The number of halogens is 3. The molecule has 0 bridgehead atoms. The van der Waals surface area contributed by atoms with Gasteiger partial charge in [0.15, 0.2) is 0 Å². The maximum Gasteiger partial charge on any atom is 0.433 e. The van der Waals surface area contributed by atoms with E-state index in [4.69, 9.17) is 0 Å². The number of alkyl halides is 3. The Labute approximate surface area is 104 Å². The topological polar surface area (TPSA) is 67.8 Å². The predicted molar refractivity (Wildman–Crippen MR) is 60.5 cm³/mol. The third-order valence-corrected chi connectivity index (χ3v) is 2.47. The average Bonchev–Trinajstić information content (AvgIpc) is 2.33. The molecular weight excluding hydrogens is 263 g/mol. The first-order chi connectivity index (χ1) is 8.79. The Balaban J connectivity index is 2.64. The van der Waals surface area contributed by atoms with Gasteiger partial charge < -0.3 is 4.57 Å². The minimum atomic E-state index is -4.59. The molecule has 0 aliphatic rings. The first-order valence-electron chi connectivity index (χ1n) is 5.12. The summed E-state index contributed by atoms with van der Waals surface area (Å²) < 4.78 is 38.6. The van der Waals surface area contributed by atoms with Gasteiger partial charge in [-0.25, -0.2) is 4.79 Å². The van der Waals surface area contributed by atoms with Crippen LogP contribution in [0.5, 0.6) is 0 Å². The second-order valence-corrected chi connectivity index (χ2v) is 3.84. The Kier molecular flexibility index (Phi) is 3.01. The molecule has 0 aliphatic heterocycles. The zero-order chi connectivity index (χ0) is 14.2. The van der Waals surface area contributed by atoms with Crippen molar-refractivity contribution in [2.45, 2.75) is 6.18 Å². The molecule has 2 rings (SSSR count). The molecule has 100 valence electrons. The molecule has 1 N–H and O–H groups in total. The summed E-state index contributed by atoms with van der Waals surface area (Å²) in [4.78, 5) is 28.0. The first-order valence-corrected chi connectivity index (χ1v) is 5.12. The van der Waals surface area contributed by atoms with Crippen molar-refractivity contribution in [1.82, 2.24) is 14.5 Å². The van der Waals surface area contributed by atoms with Crippen molar-refractivity contribution in [3.8, 4) is 11.1 Å². The number of H-pyrrole nitrogens is 1. The summed E-state index contributed by atoms with van der Waals surface area (Å²) in [7, 11) is 1.38. The molecular formula is C11H8F3N3O2. The molecule has 5 nitrogen and oxygen atoms in total. The lowest BCUT2D eigenvalue weighted by Crippen LogP contribution is -2.28. The Bertz CT molecular complexity index is 731. The van der Waals surface area contributed by atoms with Crippen LogP contribution in [0.3, 0.4) is 0 Å². The van der Waals surface area contributed by atoms with E-state index < -0.39 is 23.1 Å². The van der Waals surface area contributed by atoms with E-state index in [1.165, 1.54) is 19.3 Å². The van der Waals surface area contributed by atoms with Crippen LogP contribution in [-0.2, 0) is 13.2 Å². The van der Waals surface area contributed by atoms with E-state index in [0.29, 0.717) is 0 Å². The van der Waals surface area contributed by atoms with Gasteiger partial charge in [-0.15, -0.1) is 0 Å². The highest BCUT2D eigenvalue weighted by Gasteiger charge is 2.32. The van der Waals surface area contributed by atoms with Gasteiger partial charge in [0, 0.05) is 19.4 Å². The Morgan fingerprint density at radius 3 is 2.63 bits per heavy atom. The fourth-order valence-corrected chi connectivity index (χ4v) is 1.52. The summed E-state index contributed by atoms with van der Waals surface area (Å²) >= 11 is 0. The summed E-state index contributed by atoms with van der Waals surface area (Å²) in [5.74, 6) is 0. The van der Waals surface area contributed by atoms with Crippen LogP contribution in [0.1, 0.15) is 5.69 Å². The largest absolute Gasteiger partial charge is 0.433 e. The SMILES string of the molecule is Cn1cc(-c2ccnc(C(F)(F)F)c2)c(=O)[nH]c1=O. The second-order valence-electron chi connectivity index (χ2n) is 3.84. The molecule has 19 heavy (non-hydrogen) atoms. The standard InChI is InChI=1S/C11H8F3N3O2/c1-17-5-7(9(18)16-10(17)19)6-2-3-15-8(4-6)11(12,13)14/h2-5H,1H3,(H,16,18,19). The van der Waals surface area contributed by atoms with E-state index in [9.17, 15) is 22.8 Å². The third-order valence-electron chi connectivity index (χ3n) is 2.47. The summed E-state index contributed by atoms with van der Waals surface area (Å²) in [6.45, 7) is 0. The van der Waals surface area contributed by atoms with Gasteiger partial charge in [0.2, 0.25) is 0 Å². The number of rotatable bonds is 1. The quantitative estimate of drug-likeness (QED) is 0.846. The van der Waals surface area contributed by atoms with Crippen LogP contribution in [0, 0.1) is 0 Å². The van der Waals surface area contributed by atoms with Crippen molar-refractivity contribution < 1.29 is 13.2 Å². The maximum absolute atomic E-state index is 12.5. The monoisotopic (exact) mass is 271 g/mol. The molecule has 0 fully saturated rings. The van der Waals surface area contributed by atoms with Crippen LogP contribution >= 0.6 is 0 Å². The van der Waals surface area contributed by atoms with Gasteiger partial charge in [-0.05, 0) is 17.7 Å². The highest BCUT2D eigenvalue weighted by molar-refractivity contribution is 5.61. The molecule has 0 aliphatic carbocycles. The van der Waals surface area contributed by atoms with Crippen molar-refractivity contribution in [2.75, 3.05) is 0 Å². The highest BCUT2D eigenvalue weighted by atomic mass is 19.4. The molecule has 0 saturated heterocycles. The molecule has 8 heteroatoms. The maximum atomic E-state index is 12.5. The first kappa shape index (κ1) is 13.1. The predicted octanol–water partition coefficient (Wildman–Crippen LogP) is 1.15. The number of aromatic amines is 1. The van der Waals surface area contributed by atoms with Gasteiger partial charge in [0.05, 0.1) is 5.56 Å². The van der Waals surface area contributed by atoms with Crippen molar-refractivity contribution in [3.63, 3.8) is 0 Å². The van der Waals surface area contributed by atoms with Crippen molar-refractivity contribution >= 4 is 0 Å². The molecule has 0 amide bonds. The Hall–Kier alpha value is -2.38. The van der Waals surface area contributed by atoms with E-state index in [1.54, 1.807) is 0 Å². The molecule has 0 spiro atoms. The molecule has 2 aromatic heterocycles. The normalized spacial score (nSPS) is 11.6. The van der Waals surface area contributed by atoms with Crippen molar-refractivity contribution in [2.24, 2.45) is 7.05 Å². The van der Waals surface area contributed by atoms with Gasteiger partial charge >= 0.3 is 11.9 Å². The third kappa shape index (κ3) is 2.56. The van der Waals surface area contributed by atoms with Crippen LogP contribution in [0.15, 0.2) is 34.1 Å². The van der Waals surface area contributed by atoms with Crippen LogP contribution in [0.4, 0.5) is 13.2 Å². The fourth-order valence-electron chi connectivity index (χ4n) is 1.52. The lowest BCUT2D eigenvalue weighted by molar-refractivity contribution is -0.141.